The Balaban J connectivity index is 1.87. The highest BCUT2D eigenvalue weighted by Crippen LogP contribution is 2.32. The second-order valence-electron chi connectivity index (χ2n) is 9.43. The smallest absolute Gasteiger partial charge is 0.255 e. The molecule has 1 unspecified atom stereocenters. The maximum atomic E-state index is 13.2. The van der Waals surface area contributed by atoms with Crippen molar-refractivity contribution in [3.8, 4) is 0 Å². The van der Waals surface area contributed by atoms with E-state index in [0.29, 0.717) is 46.6 Å². The van der Waals surface area contributed by atoms with Crippen molar-refractivity contribution in [1.82, 2.24) is 19.8 Å². The molecule has 1 aromatic carbocycles. The number of fused-ring (bicyclic) bond motifs is 5. The first-order chi connectivity index (χ1) is 16.7. The molecule has 1 aromatic heterocycles. The Morgan fingerprint density at radius 2 is 1.94 bits per heavy atom. The van der Waals surface area contributed by atoms with E-state index in [9.17, 15) is 19.2 Å². The summed E-state index contributed by atoms with van der Waals surface area (Å²) in [6.07, 6.45) is 7.91. The van der Waals surface area contributed by atoms with Crippen molar-refractivity contribution in [3.63, 3.8) is 0 Å². The van der Waals surface area contributed by atoms with Gasteiger partial charge in [0.25, 0.3) is 5.91 Å². The fraction of sp³-hybridized carbons (Fsp3) is 0.423. The van der Waals surface area contributed by atoms with Crippen molar-refractivity contribution < 1.29 is 19.2 Å². The van der Waals surface area contributed by atoms with Gasteiger partial charge in [-0.3, -0.25) is 24.5 Å². The van der Waals surface area contributed by atoms with Crippen LogP contribution in [0.2, 0.25) is 0 Å². The molecule has 4 rings (SSSR count). The molecule has 2 atom stereocenters. The summed E-state index contributed by atoms with van der Waals surface area (Å²) >= 11 is 0. The molecule has 184 valence electrons. The summed E-state index contributed by atoms with van der Waals surface area (Å²) in [5.41, 5.74) is 2.39. The van der Waals surface area contributed by atoms with Crippen molar-refractivity contribution in [2.75, 3.05) is 26.0 Å². The molecule has 9 heteroatoms. The quantitative estimate of drug-likeness (QED) is 0.645. The summed E-state index contributed by atoms with van der Waals surface area (Å²) in [7, 11) is 3.32. The lowest BCUT2D eigenvalue weighted by Crippen LogP contribution is -2.31. The number of hydrogen-bond acceptors (Lipinski definition) is 5. The SMILES string of the molecule is CC(=O)c1cc(C(=O)N(C)C)c2c(c1)nc1n2[C@H](C)CCCCNC(=O)C2=CC=CC(C2)C(=O)N1. The third-order valence-corrected chi connectivity index (χ3v) is 6.55. The molecule has 3 amide bonds. The average molecular weight is 478 g/mol. The van der Waals surface area contributed by atoms with Gasteiger partial charge in [0.05, 0.1) is 22.5 Å². The number of nitrogens with zero attached hydrogens (tertiary/aromatic N) is 3. The van der Waals surface area contributed by atoms with Gasteiger partial charge in [-0.1, -0.05) is 18.2 Å². The third-order valence-electron chi connectivity index (χ3n) is 6.55. The number of carbonyl (C=O) groups is 4. The third kappa shape index (κ3) is 4.89. The number of ketones is 1. The summed E-state index contributed by atoms with van der Waals surface area (Å²) in [6.45, 7) is 4.02. The fourth-order valence-corrected chi connectivity index (χ4v) is 4.60. The van der Waals surface area contributed by atoms with E-state index in [1.54, 1.807) is 44.5 Å². The molecule has 2 aromatic rings. The Morgan fingerprint density at radius 1 is 1.17 bits per heavy atom. The summed E-state index contributed by atoms with van der Waals surface area (Å²) in [5, 5.41) is 5.89. The summed E-state index contributed by atoms with van der Waals surface area (Å²) < 4.78 is 1.90. The number of allylic oxidation sites excluding steroid dienone is 2. The molecule has 0 saturated carbocycles. The minimum Gasteiger partial charge on any atom is -0.352 e. The Labute approximate surface area is 204 Å². The lowest BCUT2D eigenvalue weighted by Gasteiger charge is -2.22. The average Bonchev–Trinajstić information content (AvgIpc) is 3.19. The van der Waals surface area contributed by atoms with E-state index in [-0.39, 0.29) is 29.5 Å². The summed E-state index contributed by atoms with van der Waals surface area (Å²) in [4.78, 5) is 57.3. The molecule has 1 aliphatic carbocycles. The number of hydrogen-bond donors (Lipinski definition) is 2. The molecule has 0 saturated heterocycles. The zero-order valence-corrected chi connectivity index (χ0v) is 20.6. The molecular weight excluding hydrogens is 446 g/mol. The van der Waals surface area contributed by atoms with Gasteiger partial charge in [0, 0.05) is 37.8 Å². The zero-order chi connectivity index (χ0) is 25.3. The standard InChI is InChI=1S/C26H31N5O4/c1-15-8-5-6-11-27-23(33)17-9-7-10-18(12-17)24(34)29-26-28-21-14-19(16(2)32)13-20(22(21)31(15)26)25(35)30(3)4/h7,9-10,13-15,18H,5-6,8,11-12H2,1-4H3,(H,27,33)(H,28,29,34)/t15-,18?/m1/s1. The molecule has 0 radical (unpaired) electrons. The molecule has 1 aliphatic heterocycles. The van der Waals surface area contributed by atoms with Gasteiger partial charge >= 0.3 is 0 Å². The van der Waals surface area contributed by atoms with E-state index >= 15 is 0 Å². The number of anilines is 1. The lowest BCUT2D eigenvalue weighted by molar-refractivity contribution is -0.119. The highest BCUT2D eigenvalue weighted by molar-refractivity contribution is 6.10. The first-order valence-corrected chi connectivity index (χ1v) is 11.9. The molecule has 2 bridgehead atoms. The molecule has 2 heterocycles. The highest BCUT2D eigenvalue weighted by Gasteiger charge is 2.28. The number of amides is 3. The Bertz CT molecular complexity index is 1270. The maximum Gasteiger partial charge on any atom is 0.255 e. The van der Waals surface area contributed by atoms with Gasteiger partial charge < -0.3 is 14.8 Å². The highest BCUT2D eigenvalue weighted by atomic mass is 16.2. The van der Waals surface area contributed by atoms with Gasteiger partial charge in [0.1, 0.15) is 0 Å². The Hall–Kier alpha value is -3.75. The number of Topliss-reactive ketones (excluding diaryl/α,β-unsaturated/α-hetero) is 1. The number of imidazole rings is 1. The normalized spacial score (nSPS) is 20.9. The number of benzene rings is 1. The van der Waals surface area contributed by atoms with E-state index in [1.807, 2.05) is 11.5 Å². The maximum absolute atomic E-state index is 13.2. The van der Waals surface area contributed by atoms with Crippen LogP contribution >= 0.6 is 0 Å². The topological polar surface area (TPSA) is 113 Å². The van der Waals surface area contributed by atoms with Crippen LogP contribution in [-0.4, -0.2) is 58.6 Å². The Kier molecular flexibility index (Phi) is 6.86. The van der Waals surface area contributed by atoms with Crippen LogP contribution in [0.25, 0.3) is 11.0 Å². The van der Waals surface area contributed by atoms with Crippen molar-refractivity contribution in [2.24, 2.45) is 5.92 Å². The first kappa shape index (κ1) is 24.4. The van der Waals surface area contributed by atoms with Crippen molar-refractivity contribution in [1.29, 1.82) is 0 Å². The van der Waals surface area contributed by atoms with Crippen molar-refractivity contribution >= 4 is 40.5 Å². The van der Waals surface area contributed by atoms with Gasteiger partial charge in [-0.2, -0.15) is 0 Å². The molecule has 2 N–H and O–H groups in total. The molecule has 9 nitrogen and oxygen atoms in total. The number of aromatic nitrogens is 2. The van der Waals surface area contributed by atoms with E-state index < -0.39 is 5.92 Å². The minimum absolute atomic E-state index is 0.0943. The second kappa shape index (κ2) is 9.85. The molecule has 0 spiro atoms. The van der Waals surface area contributed by atoms with Gasteiger partial charge in [0.2, 0.25) is 17.8 Å². The fourth-order valence-electron chi connectivity index (χ4n) is 4.60. The monoisotopic (exact) mass is 477 g/mol. The van der Waals surface area contributed by atoms with Crippen LogP contribution in [0.5, 0.6) is 0 Å². The van der Waals surface area contributed by atoms with E-state index in [1.165, 1.54) is 11.8 Å². The minimum atomic E-state index is -0.525. The molecule has 35 heavy (non-hydrogen) atoms. The largest absolute Gasteiger partial charge is 0.352 e. The van der Waals surface area contributed by atoms with Crippen LogP contribution in [-0.2, 0) is 9.59 Å². The molecule has 2 aliphatic rings. The van der Waals surface area contributed by atoms with Crippen LogP contribution in [0.3, 0.4) is 0 Å². The van der Waals surface area contributed by atoms with Gasteiger partial charge in [0.15, 0.2) is 5.78 Å². The van der Waals surface area contributed by atoms with Crippen LogP contribution < -0.4 is 10.6 Å². The Morgan fingerprint density at radius 3 is 2.66 bits per heavy atom. The van der Waals surface area contributed by atoms with Gasteiger partial charge in [-0.25, -0.2) is 4.98 Å². The van der Waals surface area contributed by atoms with Crippen molar-refractivity contribution in [2.45, 2.75) is 45.6 Å². The van der Waals surface area contributed by atoms with E-state index in [0.717, 1.165) is 19.3 Å². The van der Waals surface area contributed by atoms with E-state index in [4.69, 9.17) is 0 Å². The number of carbonyl (C=O) groups excluding carboxylic acids is 4. The molecular formula is C26H31N5O4. The van der Waals surface area contributed by atoms with Crippen LogP contribution in [0, 0.1) is 5.92 Å². The number of nitrogens with one attached hydrogen (secondary N) is 2. The predicted molar refractivity (Wildman–Crippen MR) is 133 cm³/mol. The van der Waals surface area contributed by atoms with Gasteiger partial charge in [-0.05, 0) is 51.7 Å². The van der Waals surface area contributed by atoms with Crippen molar-refractivity contribution in [3.05, 3.63) is 47.1 Å². The van der Waals surface area contributed by atoms with Crippen LogP contribution in [0.15, 0.2) is 35.9 Å². The summed E-state index contributed by atoms with van der Waals surface area (Å²) in [5.74, 6) is -1.04. The molecule has 0 fully saturated rings. The lowest BCUT2D eigenvalue weighted by atomic mass is 9.93. The van der Waals surface area contributed by atoms with Gasteiger partial charge in [-0.15, -0.1) is 0 Å². The second-order valence-corrected chi connectivity index (χ2v) is 9.43. The van der Waals surface area contributed by atoms with E-state index in [2.05, 4.69) is 15.6 Å². The summed E-state index contributed by atoms with van der Waals surface area (Å²) in [6, 6.07) is 3.18. The number of rotatable bonds is 2. The predicted octanol–water partition coefficient (Wildman–Crippen LogP) is 3.24. The first-order valence-electron chi connectivity index (χ1n) is 11.9. The van der Waals surface area contributed by atoms with Crippen LogP contribution in [0.4, 0.5) is 5.95 Å². The van der Waals surface area contributed by atoms with Crippen LogP contribution in [0.1, 0.15) is 66.3 Å². The zero-order valence-electron chi connectivity index (χ0n) is 20.6.